The van der Waals surface area contributed by atoms with Crippen LogP contribution >= 0.6 is 0 Å². The fraction of sp³-hybridized carbons (Fsp3) is 0.333. The van der Waals surface area contributed by atoms with Crippen molar-refractivity contribution in [2.24, 2.45) is 17.2 Å². The van der Waals surface area contributed by atoms with Crippen molar-refractivity contribution in [3.8, 4) is 0 Å². The van der Waals surface area contributed by atoms with E-state index >= 15 is 0 Å². The summed E-state index contributed by atoms with van der Waals surface area (Å²) in [6, 6.07) is 0. The van der Waals surface area contributed by atoms with Gasteiger partial charge in [0.1, 0.15) is 13.7 Å². The first-order valence-corrected chi connectivity index (χ1v) is 3.18. The average Bonchev–Trinajstić information content (AvgIpc) is 1.82. The molecule has 0 aromatic rings. The molecule has 3 nitrogen and oxygen atoms in total. The third kappa shape index (κ3) is 3.89. The van der Waals surface area contributed by atoms with Gasteiger partial charge in [0, 0.05) is 5.70 Å². The van der Waals surface area contributed by atoms with Crippen molar-refractivity contribution in [3.63, 3.8) is 0 Å². The van der Waals surface area contributed by atoms with Crippen LogP contribution in [0.3, 0.4) is 0 Å². The molecule has 10 heavy (non-hydrogen) atoms. The molecule has 0 aromatic heterocycles. The Morgan fingerprint density at radius 2 is 1.70 bits per heavy atom. The van der Waals surface area contributed by atoms with Gasteiger partial charge in [-0.1, -0.05) is 0 Å². The number of allylic oxidation sites excluding steroid dienone is 2. The molecule has 56 valence electrons. The second-order valence-electron chi connectivity index (χ2n) is 2.44. The monoisotopic (exact) mass is 139 g/mol. The Hall–Kier alpha value is -1.06. The lowest BCUT2D eigenvalue weighted by atomic mass is 9.93. The van der Waals surface area contributed by atoms with Crippen molar-refractivity contribution >= 4 is 7.85 Å². The molecule has 0 bridgehead atoms. The van der Waals surface area contributed by atoms with Crippen molar-refractivity contribution in [3.05, 3.63) is 23.6 Å². The normalized spacial score (nSPS) is 8.80. The van der Waals surface area contributed by atoms with Gasteiger partial charge in [-0.2, -0.15) is 0 Å². The maximum atomic E-state index is 5.45. The topological polar surface area (TPSA) is 78.1 Å². The fourth-order valence-electron chi connectivity index (χ4n) is 0.492. The first kappa shape index (κ1) is 8.94. The van der Waals surface area contributed by atoms with Crippen molar-refractivity contribution in [2.45, 2.75) is 12.8 Å². The van der Waals surface area contributed by atoms with Crippen LogP contribution in [0.5, 0.6) is 0 Å². The zero-order valence-corrected chi connectivity index (χ0v) is 6.35. The molecule has 0 fully saturated rings. The van der Waals surface area contributed by atoms with E-state index in [1.807, 2.05) is 7.85 Å². The molecule has 0 saturated heterocycles. The lowest BCUT2D eigenvalue weighted by Gasteiger charge is -2.01. The van der Waals surface area contributed by atoms with E-state index in [1.54, 1.807) is 0 Å². The molecular formula is C6H14BN3. The molecular weight excluding hydrogens is 125 g/mol. The minimum atomic E-state index is 0.223. The van der Waals surface area contributed by atoms with Gasteiger partial charge in [-0.05, 0) is 12.8 Å². The van der Waals surface area contributed by atoms with E-state index in [9.17, 15) is 0 Å². The summed E-state index contributed by atoms with van der Waals surface area (Å²) in [6.45, 7) is 3.73. The predicted molar refractivity (Wildman–Crippen MR) is 46.5 cm³/mol. The Balaban J connectivity index is 3.71. The Morgan fingerprint density at radius 3 is 2.00 bits per heavy atom. The van der Waals surface area contributed by atoms with Crippen LogP contribution in [0.25, 0.3) is 0 Å². The largest absolute Gasteiger partial charge is 0.399 e. The maximum absolute atomic E-state index is 5.45. The highest BCUT2D eigenvalue weighted by atomic mass is 14.8. The second kappa shape index (κ2) is 3.87. The highest BCUT2D eigenvalue weighted by Crippen LogP contribution is 2.02. The van der Waals surface area contributed by atoms with Crippen LogP contribution in [0.4, 0.5) is 0 Å². The molecule has 0 aromatic carbocycles. The number of rotatable bonds is 3. The minimum Gasteiger partial charge on any atom is -0.399 e. The molecule has 6 N–H and O–H groups in total. The SMILES string of the molecule is BC(=C)CCC(N)=C(N)N. The minimum absolute atomic E-state index is 0.223. The van der Waals surface area contributed by atoms with Crippen LogP contribution in [-0.4, -0.2) is 7.85 Å². The summed E-state index contributed by atoms with van der Waals surface area (Å²) in [5.41, 5.74) is 17.5. The molecule has 0 radical (unpaired) electrons. The molecule has 0 aliphatic heterocycles. The van der Waals surface area contributed by atoms with Crippen LogP contribution in [0.1, 0.15) is 12.8 Å². The molecule has 0 atom stereocenters. The van der Waals surface area contributed by atoms with E-state index in [0.717, 1.165) is 11.9 Å². The van der Waals surface area contributed by atoms with Gasteiger partial charge < -0.3 is 17.2 Å². The van der Waals surface area contributed by atoms with Crippen LogP contribution < -0.4 is 17.2 Å². The Bertz CT molecular complexity index is 158. The van der Waals surface area contributed by atoms with E-state index in [4.69, 9.17) is 17.2 Å². The summed E-state index contributed by atoms with van der Waals surface area (Å²) in [5, 5.41) is 0. The standard InChI is InChI=1S/C6H14BN3/c1-4(7)2-3-5(8)6(9)10/h1-3,7-10H2. The number of nitrogens with two attached hydrogens (primary N) is 3. The van der Waals surface area contributed by atoms with E-state index in [-0.39, 0.29) is 5.82 Å². The zero-order valence-electron chi connectivity index (χ0n) is 6.35. The molecule has 0 heterocycles. The smallest absolute Gasteiger partial charge is 0.133 e. The summed E-state index contributed by atoms with van der Waals surface area (Å²) < 4.78 is 0. The van der Waals surface area contributed by atoms with E-state index in [1.165, 1.54) is 0 Å². The molecule has 0 saturated carbocycles. The molecule has 0 rings (SSSR count). The quantitative estimate of drug-likeness (QED) is 0.437. The first-order chi connectivity index (χ1) is 4.54. The molecule has 0 amide bonds. The van der Waals surface area contributed by atoms with E-state index in [2.05, 4.69) is 6.58 Å². The van der Waals surface area contributed by atoms with Gasteiger partial charge in [-0.3, -0.25) is 0 Å². The molecule has 0 spiro atoms. The average molecular weight is 139 g/mol. The third-order valence-corrected chi connectivity index (χ3v) is 1.19. The Labute approximate surface area is 62.4 Å². The van der Waals surface area contributed by atoms with Crippen LogP contribution in [-0.2, 0) is 0 Å². The molecule has 4 heteroatoms. The summed E-state index contributed by atoms with van der Waals surface area (Å²) >= 11 is 0. The zero-order chi connectivity index (χ0) is 8.15. The highest BCUT2D eigenvalue weighted by Gasteiger charge is 1.94. The number of hydrogen-bond acceptors (Lipinski definition) is 3. The van der Waals surface area contributed by atoms with Crippen molar-refractivity contribution in [2.75, 3.05) is 0 Å². The van der Waals surface area contributed by atoms with Gasteiger partial charge in [-0.25, -0.2) is 0 Å². The van der Waals surface area contributed by atoms with Crippen molar-refractivity contribution in [1.82, 2.24) is 0 Å². The summed E-state index contributed by atoms with van der Waals surface area (Å²) in [5.74, 6) is 0.223. The first-order valence-electron chi connectivity index (χ1n) is 3.18. The second-order valence-corrected chi connectivity index (χ2v) is 2.44. The van der Waals surface area contributed by atoms with Gasteiger partial charge in [0.05, 0.1) is 0 Å². The van der Waals surface area contributed by atoms with Gasteiger partial charge in [0.25, 0.3) is 0 Å². The van der Waals surface area contributed by atoms with Gasteiger partial charge in [0.15, 0.2) is 0 Å². The van der Waals surface area contributed by atoms with Gasteiger partial charge in [-0.15, -0.1) is 12.1 Å². The van der Waals surface area contributed by atoms with Crippen molar-refractivity contribution < 1.29 is 0 Å². The summed E-state index contributed by atoms with van der Waals surface area (Å²) in [4.78, 5) is 0. The Kier molecular flexibility index (Phi) is 3.47. The fourth-order valence-corrected chi connectivity index (χ4v) is 0.492. The summed E-state index contributed by atoms with van der Waals surface area (Å²) in [7, 11) is 1.94. The summed E-state index contributed by atoms with van der Waals surface area (Å²) in [6.07, 6.45) is 1.56. The van der Waals surface area contributed by atoms with Crippen LogP contribution in [0.15, 0.2) is 23.6 Å². The van der Waals surface area contributed by atoms with Crippen molar-refractivity contribution in [1.29, 1.82) is 0 Å². The highest BCUT2D eigenvalue weighted by molar-refractivity contribution is 6.21. The lowest BCUT2D eigenvalue weighted by Crippen LogP contribution is -2.17. The Morgan fingerprint density at radius 1 is 1.20 bits per heavy atom. The molecule has 0 unspecified atom stereocenters. The van der Waals surface area contributed by atoms with E-state index < -0.39 is 0 Å². The van der Waals surface area contributed by atoms with Gasteiger partial charge in [0.2, 0.25) is 0 Å². The van der Waals surface area contributed by atoms with Crippen LogP contribution in [0.2, 0.25) is 0 Å². The third-order valence-electron chi connectivity index (χ3n) is 1.19. The van der Waals surface area contributed by atoms with E-state index in [0.29, 0.717) is 12.1 Å². The van der Waals surface area contributed by atoms with Crippen LogP contribution in [0, 0.1) is 0 Å². The molecule has 0 aliphatic rings. The number of hydrogen-bond donors (Lipinski definition) is 3. The lowest BCUT2D eigenvalue weighted by molar-refractivity contribution is 0.914. The van der Waals surface area contributed by atoms with Gasteiger partial charge >= 0.3 is 0 Å². The predicted octanol–water partition coefficient (Wildman–Crippen LogP) is -1.04. The maximum Gasteiger partial charge on any atom is 0.133 e. The molecule has 0 aliphatic carbocycles.